The van der Waals surface area contributed by atoms with Crippen molar-refractivity contribution in [2.24, 2.45) is 4.99 Å². The number of anilines is 1. The van der Waals surface area contributed by atoms with E-state index in [1.165, 1.54) is 6.42 Å². The first-order chi connectivity index (χ1) is 12.2. The lowest BCUT2D eigenvalue weighted by Gasteiger charge is -2.28. The van der Waals surface area contributed by atoms with Gasteiger partial charge < -0.3 is 10.1 Å². The van der Waals surface area contributed by atoms with Crippen LogP contribution in [0.4, 0.5) is 5.95 Å². The van der Waals surface area contributed by atoms with Gasteiger partial charge in [-0.25, -0.2) is 15.0 Å². The molecule has 3 heterocycles. The van der Waals surface area contributed by atoms with E-state index in [2.05, 4.69) is 49.6 Å². The van der Waals surface area contributed by atoms with Crippen LogP contribution in [0.25, 0.3) is 10.9 Å². The van der Waals surface area contributed by atoms with E-state index in [0.29, 0.717) is 18.7 Å². The number of ether oxygens (including phenoxy) is 1. The number of aromatic nitrogens is 2. The van der Waals surface area contributed by atoms with Gasteiger partial charge in [0.05, 0.1) is 30.7 Å². The topological polar surface area (TPSA) is 74.7 Å². The molecule has 0 aliphatic carbocycles. The summed E-state index contributed by atoms with van der Waals surface area (Å²) in [5.74, 6) is 1.30. The smallest absolute Gasteiger partial charge is 0.230 e. The molecule has 2 aliphatic rings. The molecule has 2 aromatic rings. The number of guanidine groups is 1. The first kappa shape index (κ1) is 16.2. The van der Waals surface area contributed by atoms with Gasteiger partial charge >= 0.3 is 0 Å². The minimum atomic E-state index is 0.348. The lowest BCUT2D eigenvalue weighted by molar-refractivity contribution is 0.0715. The number of para-hydroxylation sites is 1. The number of hydrogen-bond acceptors (Lipinski definition) is 7. The third-order valence-electron chi connectivity index (χ3n) is 4.73. The quantitative estimate of drug-likeness (QED) is 0.890. The Morgan fingerprint density at radius 1 is 1.32 bits per heavy atom. The summed E-state index contributed by atoms with van der Waals surface area (Å²) < 4.78 is 5.69. The number of rotatable bonds is 3. The normalized spacial score (nSPS) is 21.2. The van der Waals surface area contributed by atoms with E-state index in [4.69, 9.17) is 4.74 Å². The summed E-state index contributed by atoms with van der Waals surface area (Å²) in [6.45, 7) is 7.29. The molecule has 1 saturated heterocycles. The van der Waals surface area contributed by atoms with Crippen LogP contribution in [0.5, 0.6) is 0 Å². The molecule has 1 aromatic carbocycles. The molecule has 0 amide bonds. The molecule has 25 heavy (non-hydrogen) atoms. The van der Waals surface area contributed by atoms with E-state index in [1.807, 2.05) is 13.0 Å². The predicted molar refractivity (Wildman–Crippen MR) is 98.6 cm³/mol. The lowest BCUT2D eigenvalue weighted by Crippen LogP contribution is -2.48. The van der Waals surface area contributed by atoms with Gasteiger partial charge in [-0.3, -0.25) is 10.2 Å². The fraction of sp³-hybridized carbons (Fsp3) is 0.500. The highest BCUT2D eigenvalue weighted by atomic mass is 16.5. The Labute approximate surface area is 147 Å². The van der Waals surface area contributed by atoms with Crippen LogP contribution in [0.2, 0.25) is 0 Å². The monoisotopic (exact) mass is 340 g/mol. The maximum absolute atomic E-state index is 5.69. The van der Waals surface area contributed by atoms with Gasteiger partial charge in [0.2, 0.25) is 11.9 Å². The highest BCUT2D eigenvalue weighted by Gasteiger charge is 2.21. The minimum absolute atomic E-state index is 0.348. The van der Waals surface area contributed by atoms with Crippen molar-refractivity contribution < 1.29 is 4.74 Å². The number of aliphatic imine (C=N–C) groups is 1. The first-order valence-corrected chi connectivity index (χ1v) is 8.82. The van der Waals surface area contributed by atoms with Crippen LogP contribution in [0.15, 0.2) is 23.2 Å². The SMILES string of the molecule is Cc1nc(NC2=NCN(C[C@H]3CCCO3)CN2)nc2c(C)cccc12. The van der Waals surface area contributed by atoms with E-state index < -0.39 is 0 Å². The standard InChI is InChI=1S/C18H24N6O/c1-12-5-3-7-15-13(2)21-18(22-16(12)15)23-17-19-10-24(11-20-17)9-14-6-4-8-25-14/h3,5,7,14H,4,6,8-11H2,1-2H3,(H2,19,20,21,22,23)/t14-/m1/s1. The van der Waals surface area contributed by atoms with Gasteiger partial charge in [0, 0.05) is 18.5 Å². The van der Waals surface area contributed by atoms with Crippen LogP contribution >= 0.6 is 0 Å². The second kappa shape index (κ2) is 6.93. The van der Waals surface area contributed by atoms with E-state index in [1.54, 1.807) is 0 Å². The van der Waals surface area contributed by atoms with Crippen molar-refractivity contribution in [1.82, 2.24) is 20.2 Å². The second-order valence-corrected chi connectivity index (χ2v) is 6.70. The number of fused-ring (bicyclic) bond motifs is 1. The number of nitrogens with one attached hydrogen (secondary N) is 2. The Hall–Kier alpha value is -2.25. The number of aryl methyl sites for hydroxylation is 2. The van der Waals surface area contributed by atoms with Crippen molar-refractivity contribution in [2.75, 3.05) is 31.8 Å². The van der Waals surface area contributed by atoms with Crippen LogP contribution in [0, 0.1) is 13.8 Å². The molecule has 7 nitrogen and oxygen atoms in total. The van der Waals surface area contributed by atoms with Gasteiger partial charge in [-0.15, -0.1) is 0 Å². The summed E-state index contributed by atoms with van der Waals surface area (Å²) in [5, 5.41) is 7.61. The molecule has 0 spiro atoms. The minimum Gasteiger partial charge on any atom is -0.377 e. The maximum Gasteiger partial charge on any atom is 0.230 e. The fourth-order valence-electron chi connectivity index (χ4n) is 3.36. The van der Waals surface area contributed by atoms with Crippen LogP contribution in [-0.4, -0.2) is 53.4 Å². The molecular formula is C18H24N6O. The van der Waals surface area contributed by atoms with Crippen molar-refractivity contribution >= 4 is 22.8 Å². The maximum atomic E-state index is 5.69. The lowest BCUT2D eigenvalue weighted by atomic mass is 10.1. The molecule has 0 radical (unpaired) electrons. The Bertz CT molecular complexity index is 799. The summed E-state index contributed by atoms with van der Waals surface area (Å²) in [7, 11) is 0. The van der Waals surface area contributed by atoms with Crippen LogP contribution in [0.1, 0.15) is 24.1 Å². The molecule has 0 bridgehead atoms. The molecule has 2 N–H and O–H groups in total. The average molecular weight is 340 g/mol. The highest BCUT2D eigenvalue weighted by Crippen LogP contribution is 2.20. The second-order valence-electron chi connectivity index (χ2n) is 6.70. The van der Waals surface area contributed by atoms with Crippen molar-refractivity contribution in [3.63, 3.8) is 0 Å². The molecule has 7 heteroatoms. The molecular weight excluding hydrogens is 316 g/mol. The molecule has 1 atom stereocenters. The van der Waals surface area contributed by atoms with Gasteiger partial charge in [0.1, 0.15) is 0 Å². The summed E-state index contributed by atoms with van der Waals surface area (Å²) in [6.07, 6.45) is 2.66. The summed E-state index contributed by atoms with van der Waals surface area (Å²) >= 11 is 0. The van der Waals surface area contributed by atoms with Crippen LogP contribution < -0.4 is 10.6 Å². The molecule has 1 fully saturated rings. The molecule has 1 aromatic heterocycles. The zero-order valence-corrected chi connectivity index (χ0v) is 14.7. The third kappa shape index (κ3) is 3.57. The third-order valence-corrected chi connectivity index (χ3v) is 4.73. The summed E-state index contributed by atoms with van der Waals surface area (Å²) in [5.41, 5.74) is 3.09. The largest absolute Gasteiger partial charge is 0.377 e. The Kier molecular flexibility index (Phi) is 4.50. The van der Waals surface area contributed by atoms with Gasteiger partial charge in [0.25, 0.3) is 0 Å². The van der Waals surface area contributed by atoms with E-state index >= 15 is 0 Å². The van der Waals surface area contributed by atoms with Crippen molar-refractivity contribution in [3.05, 3.63) is 29.5 Å². The average Bonchev–Trinajstić information content (AvgIpc) is 3.11. The first-order valence-electron chi connectivity index (χ1n) is 8.82. The number of hydrogen-bond donors (Lipinski definition) is 2. The number of benzene rings is 1. The van der Waals surface area contributed by atoms with Gasteiger partial charge in [-0.1, -0.05) is 18.2 Å². The van der Waals surface area contributed by atoms with Crippen molar-refractivity contribution in [2.45, 2.75) is 32.8 Å². The molecule has 0 saturated carbocycles. The summed E-state index contributed by atoms with van der Waals surface area (Å²) in [6, 6.07) is 6.16. The predicted octanol–water partition coefficient (Wildman–Crippen LogP) is 2.01. The fourth-order valence-corrected chi connectivity index (χ4v) is 3.36. The molecule has 2 aliphatic heterocycles. The zero-order valence-electron chi connectivity index (χ0n) is 14.7. The van der Waals surface area contributed by atoms with Crippen molar-refractivity contribution in [1.29, 1.82) is 0 Å². The zero-order chi connectivity index (χ0) is 17.2. The van der Waals surface area contributed by atoms with E-state index in [-0.39, 0.29) is 0 Å². The highest BCUT2D eigenvalue weighted by molar-refractivity contribution is 5.93. The Balaban J connectivity index is 1.44. The van der Waals surface area contributed by atoms with Crippen LogP contribution in [0.3, 0.4) is 0 Å². The Morgan fingerprint density at radius 3 is 3.00 bits per heavy atom. The van der Waals surface area contributed by atoms with Gasteiger partial charge in [-0.05, 0) is 32.3 Å². The number of nitrogens with zero attached hydrogens (tertiary/aromatic N) is 4. The van der Waals surface area contributed by atoms with E-state index in [0.717, 1.165) is 54.4 Å². The molecule has 132 valence electrons. The van der Waals surface area contributed by atoms with Gasteiger partial charge in [-0.2, -0.15) is 0 Å². The van der Waals surface area contributed by atoms with E-state index in [9.17, 15) is 0 Å². The summed E-state index contributed by atoms with van der Waals surface area (Å²) in [4.78, 5) is 16.0. The molecule has 4 rings (SSSR count). The van der Waals surface area contributed by atoms with Crippen molar-refractivity contribution in [3.8, 4) is 0 Å². The Morgan fingerprint density at radius 2 is 2.24 bits per heavy atom. The molecule has 0 unspecified atom stereocenters. The van der Waals surface area contributed by atoms with Gasteiger partial charge in [0.15, 0.2) is 0 Å². The van der Waals surface area contributed by atoms with Crippen LogP contribution in [-0.2, 0) is 4.74 Å².